The van der Waals surface area contributed by atoms with E-state index in [9.17, 15) is 0 Å². The summed E-state index contributed by atoms with van der Waals surface area (Å²) in [6.45, 7) is 9.62. The Morgan fingerprint density at radius 2 is 1.86 bits per heavy atom. The van der Waals surface area contributed by atoms with Gasteiger partial charge in [-0.1, -0.05) is 26.3 Å². The summed E-state index contributed by atoms with van der Waals surface area (Å²) >= 11 is 0. The van der Waals surface area contributed by atoms with Crippen LogP contribution in [0.5, 0.6) is 5.75 Å². The van der Waals surface area contributed by atoms with E-state index < -0.39 is 0 Å². The van der Waals surface area contributed by atoms with Crippen molar-refractivity contribution >= 4 is 0 Å². The van der Waals surface area contributed by atoms with Crippen LogP contribution in [0, 0.1) is 5.92 Å². The summed E-state index contributed by atoms with van der Waals surface area (Å²) in [4.78, 5) is 0. The first-order valence-electron chi connectivity index (χ1n) is 7.93. The molecule has 1 aromatic carbocycles. The van der Waals surface area contributed by atoms with E-state index in [1.54, 1.807) is 14.2 Å². The van der Waals surface area contributed by atoms with E-state index in [-0.39, 0.29) is 0 Å². The van der Waals surface area contributed by atoms with Crippen molar-refractivity contribution in [3.05, 3.63) is 29.3 Å². The molecular weight excluding hydrogens is 262 g/mol. The Balaban J connectivity index is 2.73. The molecule has 0 saturated heterocycles. The van der Waals surface area contributed by atoms with Crippen LogP contribution in [0.25, 0.3) is 0 Å². The van der Waals surface area contributed by atoms with Crippen LogP contribution in [0.3, 0.4) is 0 Å². The van der Waals surface area contributed by atoms with E-state index >= 15 is 0 Å². The average molecular weight is 293 g/mol. The first-order chi connectivity index (χ1) is 10.0. The summed E-state index contributed by atoms with van der Waals surface area (Å²) in [7, 11) is 3.41. The SMILES string of the molecule is CCC(C)CC(C)NC(C)c1ccc(OC)c(COC)c1. The molecule has 3 nitrogen and oxygen atoms in total. The Morgan fingerprint density at radius 1 is 1.14 bits per heavy atom. The topological polar surface area (TPSA) is 30.5 Å². The maximum Gasteiger partial charge on any atom is 0.124 e. The Morgan fingerprint density at radius 3 is 2.43 bits per heavy atom. The van der Waals surface area contributed by atoms with Crippen LogP contribution in [0.15, 0.2) is 18.2 Å². The maximum atomic E-state index is 5.38. The quantitative estimate of drug-likeness (QED) is 0.735. The van der Waals surface area contributed by atoms with E-state index in [2.05, 4.69) is 45.1 Å². The van der Waals surface area contributed by atoms with Gasteiger partial charge in [0.05, 0.1) is 13.7 Å². The largest absolute Gasteiger partial charge is 0.496 e. The Bertz CT molecular complexity index is 420. The van der Waals surface area contributed by atoms with E-state index in [1.807, 2.05) is 6.07 Å². The van der Waals surface area contributed by atoms with Crippen molar-refractivity contribution in [2.24, 2.45) is 5.92 Å². The van der Waals surface area contributed by atoms with Gasteiger partial charge in [-0.25, -0.2) is 0 Å². The zero-order valence-electron chi connectivity index (χ0n) is 14.4. The number of rotatable bonds is 9. The first kappa shape index (κ1) is 18.0. The second-order valence-electron chi connectivity index (χ2n) is 6.04. The number of hydrogen-bond donors (Lipinski definition) is 1. The molecule has 1 rings (SSSR count). The molecule has 0 fully saturated rings. The molecule has 1 aromatic rings. The lowest BCUT2D eigenvalue weighted by Gasteiger charge is -2.23. The van der Waals surface area contributed by atoms with Gasteiger partial charge >= 0.3 is 0 Å². The highest BCUT2D eigenvalue weighted by molar-refractivity contribution is 5.38. The molecule has 1 N–H and O–H groups in total. The fraction of sp³-hybridized carbons (Fsp3) is 0.667. The first-order valence-corrected chi connectivity index (χ1v) is 7.93. The minimum absolute atomic E-state index is 0.325. The highest BCUT2D eigenvalue weighted by Crippen LogP contribution is 2.24. The number of benzene rings is 1. The zero-order chi connectivity index (χ0) is 15.8. The smallest absolute Gasteiger partial charge is 0.124 e. The van der Waals surface area contributed by atoms with Crippen LogP contribution < -0.4 is 10.1 Å². The molecule has 0 aromatic heterocycles. The van der Waals surface area contributed by atoms with Gasteiger partial charge in [-0.2, -0.15) is 0 Å². The van der Waals surface area contributed by atoms with Gasteiger partial charge in [-0.15, -0.1) is 0 Å². The lowest BCUT2D eigenvalue weighted by Crippen LogP contribution is -2.30. The van der Waals surface area contributed by atoms with Crippen LogP contribution >= 0.6 is 0 Å². The van der Waals surface area contributed by atoms with E-state index in [1.165, 1.54) is 18.4 Å². The van der Waals surface area contributed by atoms with Crippen LogP contribution in [0.2, 0.25) is 0 Å². The molecule has 0 spiro atoms. The van der Waals surface area contributed by atoms with Crippen molar-refractivity contribution in [2.45, 2.75) is 59.2 Å². The van der Waals surface area contributed by atoms with Gasteiger partial charge in [-0.3, -0.25) is 0 Å². The second-order valence-corrected chi connectivity index (χ2v) is 6.04. The summed E-state index contributed by atoms with van der Waals surface area (Å²) in [5.41, 5.74) is 2.37. The van der Waals surface area contributed by atoms with Crippen LogP contribution in [-0.2, 0) is 11.3 Å². The van der Waals surface area contributed by atoms with Gasteiger partial charge in [0, 0.05) is 24.8 Å². The highest BCUT2D eigenvalue weighted by atomic mass is 16.5. The molecule has 0 aliphatic rings. The lowest BCUT2D eigenvalue weighted by molar-refractivity contribution is 0.181. The summed E-state index contributed by atoms with van der Waals surface area (Å²) < 4.78 is 10.6. The van der Waals surface area contributed by atoms with Crippen molar-refractivity contribution in [1.29, 1.82) is 0 Å². The normalized spacial score (nSPS) is 15.5. The number of ether oxygens (including phenoxy) is 2. The summed E-state index contributed by atoms with van der Waals surface area (Å²) in [6.07, 6.45) is 2.45. The number of methoxy groups -OCH3 is 2. The molecule has 3 atom stereocenters. The van der Waals surface area contributed by atoms with Gasteiger partial charge < -0.3 is 14.8 Å². The zero-order valence-corrected chi connectivity index (χ0v) is 14.4. The standard InChI is InChI=1S/C18H31NO2/c1-7-13(2)10-14(3)19-15(4)16-8-9-18(21-6)17(11-16)12-20-5/h8-9,11,13-15,19H,7,10,12H2,1-6H3. The van der Waals surface area contributed by atoms with Gasteiger partial charge in [0.25, 0.3) is 0 Å². The molecule has 21 heavy (non-hydrogen) atoms. The third-order valence-corrected chi connectivity index (χ3v) is 4.09. The average Bonchev–Trinajstić information content (AvgIpc) is 2.47. The molecule has 0 aliphatic heterocycles. The molecule has 0 bridgehead atoms. The van der Waals surface area contributed by atoms with E-state index in [0.29, 0.717) is 18.7 Å². The minimum atomic E-state index is 0.325. The molecule has 3 heteroatoms. The minimum Gasteiger partial charge on any atom is -0.496 e. The molecule has 120 valence electrons. The van der Waals surface area contributed by atoms with Crippen LogP contribution in [-0.4, -0.2) is 20.3 Å². The lowest BCUT2D eigenvalue weighted by atomic mass is 9.98. The number of nitrogens with one attached hydrogen (secondary N) is 1. The number of hydrogen-bond acceptors (Lipinski definition) is 3. The van der Waals surface area contributed by atoms with Crippen molar-refractivity contribution in [2.75, 3.05) is 14.2 Å². The monoisotopic (exact) mass is 293 g/mol. The predicted molar refractivity (Wildman–Crippen MR) is 88.8 cm³/mol. The van der Waals surface area contributed by atoms with Gasteiger partial charge in [-0.05, 0) is 43.9 Å². The predicted octanol–water partition coefficient (Wildman–Crippen LogP) is 4.32. The van der Waals surface area contributed by atoms with Crippen molar-refractivity contribution in [1.82, 2.24) is 5.32 Å². The molecule has 0 amide bonds. The van der Waals surface area contributed by atoms with Gasteiger partial charge in [0.1, 0.15) is 5.75 Å². The van der Waals surface area contributed by atoms with E-state index in [0.717, 1.165) is 17.2 Å². The summed E-state index contributed by atoms with van der Waals surface area (Å²) in [5, 5.41) is 3.69. The Kier molecular flexibility index (Phi) is 7.76. The van der Waals surface area contributed by atoms with Crippen molar-refractivity contribution in [3.8, 4) is 5.75 Å². The van der Waals surface area contributed by atoms with Gasteiger partial charge in [0.15, 0.2) is 0 Å². The molecule has 0 aliphatic carbocycles. The van der Waals surface area contributed by atoms with Crippen LogP contribution in [0.4, 0.5) is 0 Å². The fourth-order valence-corrected chi connectivity index (χ4v) is 2.70. The third-order valence-electron chi connectivity index (χ3n) is 4.09. The molecule has 3 unspecified atom stereocenters. The summed E-state index contributed by atoms with van der Waals surface area (Å²) in [6, 6.07) is 7.18. The molecular formula is C18H31NO2. The van der Waals surface area contributed by atoms with Gasteiger partial charge in [0.2, 0.25) is 0 Å². The van der Waals surface area contributed by atoms with Crippen LogP contribution in [0.1, 0.15) is 57.7 Å². The Labute approximate surface area is 130 Å². The molecule has 0 radical (unpaired) electrons. The molecule has 0 saturated carbocycles. The highest BCUT2D eigenvalue weighted by Gasteiger charge is 2.13. The van der Waals surface area contributed by atoms with Crippen molar-refractivity contribution in [3.63, 3.8) is 0 Å². The van der Waals surface area contributed by atoms with E-state index in [4.69, 9.17) is 9.47 Å². The summed E-state index contributed by atoms with van der Waals surface area (Å²) in [5.74, 6) is 1.65. The molecule has 0 heterocycles. The maximum absolute atomic E-state index is 5.38. The Hall–Kier alpha value is -1.06. The van der Waals surface area contributed by atoms with Crippen molar-refractivity contribution < 1.29 is 9.47 Å². The third kappa shape index (κ3) is 5.68. The second kappa shape index (κ2) is 9.06. The fourth-order valence-electron chi connectivity index (χ4n) is 2.70.